The van der Waals surface area contributed by atoms with Crippen LogP contribution in [0.2, 0.25) is 0 Å². The quantitative estimate of drug-likeness (QED) is 0.625. The number of aromatic nitrogens is 3. The Morgan fingerprint density at radius 2 is 1.77 bits per heavy atom. The highest BCUT2D eigenvalue weighted by atomic mass is 16.2. The van der Waals surface area contributed by atoms with Gasteiger partial charge in [-0.1, -0.05) is 37.3 Å². The zero-order valence-electron chi connectivity index (χ0n) is 18.1. The Kier molecular flexibility index (Phi) is 6.50. The summed E-state index contributed by atoms with van der Waals surface area (Å²) in [5, 5.41) is 10.8. The maximum Gasteiger partial charge on any atom is 0.252 e. The van der Waals surface area contributed by atoms with Crippen molar-refractivity contribution >= 4 is 22.8 Å². The Labute approximate surface area is 176 Å². The van der Waals surface area contributed by atoms with Crippen molar-refractivity contribution < 1.29 is 9.59 Å². The van der Waals surface area contributed by atoms with Crippen molar-refractivity contribution in [3.05, 3.63) is 48.2 Å². The number of rotatable bonds is 7. The highest BCUT2D eigenvalue weighted by molar-refractivity contribution is 6.07. The lowest BCUT2D eigenvalue weighted by molar-refractivity contribution is -0.123. The van der Waals surface area contributed by atoms with Gasteiger partial charge in [0.1, 0.15) is 6.04 Å². The lowest BCUT2D eigenvalue weighted by atomic mass is 10.1. The molecular formula is C23H29N5O2. The smallest absolute Gasteiger partial charge is 0.252 e. The summed E-state index contributed by atoms with van der Waals surface area (Å²) in [4.78, 5) is 30.3. The minimum absolute atomic E-state index is 0.0541. The molecule has 0 aliphatic rings. The minimum Gasteiger partial charge on any atom is -0.352 e. The first-order valence-electron chi connectivity index (χ1n) is 10.4. The second kappa shape index (κ2) is 9.07. The lowest BCUT2D eigenvalue weighted by Gasteiger charge is -2.18. The van der Waals surface area contributed by atoms with Gasteiger partial charge in [-0.15, -0.1) is 0 Å². The van der Waals surface area contributed by atoms with Crippen molar-refractivity contribution in [3.63, 3.8) is 0 Å². The van der Waals surface area contributed by atoms with Crippen LogP contribution >= 0.6 is 0 Å². The first-order chi connectivity index (χ1) is 14.3. The van der Waals surface area contributed by atoms with Gasteiger partial charge in [0.05, 0.1) is 22.8 Å². The first-order valence-corrected chi connectivity index (χ1v) is 10.4. The van der Waals surface area contributed by atoms with Crippen molar-refractivity contribution in [2.24, 2.45) is 0 Å². The van der Waals surface area contributed by atoms with E-state index < -0.39 is 6.04 Å². The van der Waals surface area contributed by atoms with Crippen molar-refractivity contribution in [1.29, 1.82) is 0 Å². The monoisotopic (exact) mass is 407 g/mol. The molecule has 3 aromatic rings. The molecule has 3 rings (SSSR count). The number of benzene rings is 1. The summed E-state index contributed by atoms with van der Waals surface area (Å²) in [6, 6.07) is 11.0. The summed E-state index contributed by atoms with van der Waals surface area (Å²) in [7, 11) is 0. The van der Waals surface area contributed by atoms with E-state index in [0.29, 0.717) is 22.3 Å². The molecule has 0 saturated heterocycles. The van der Waals surface area contributed by atoms with E-state index >= 15 is 0 Å². The molecule has 2 heterocycles. The Hall–Kier alpha value is -3.22. The number of pyridine rings is 1. The molecule has 0 spiro atoms. The predicted molar refractivity (Wildman–Crippen MR) is 118 cm³/mol. The molecule has 2 amide bonds. The lowest BCUT2D eigenvalue weighted by Crippen LogP contribution is -2.47. The van der Waals surface area contributed by atoms with E-state index in [-0.39, 0.29) is 23.9 Å². The number of carbonyl (C=O) groups is 2. The van der Waals surface area contributed by atoms with Crippen molar-refractivity contribution in [3.8, 4) is 11.3 Å². The van der Waals surface area contributed by atoms with Crippen LogP contribution in [-0.2, 0) is 4.79 Å². The third-order valence-electron chi connectivity index (χ3n) is 5.11. The van der Waals surface area contributed by atoms with Crippen LogP contribution in [0.1, 0.15) is 57.4 Å². The Bertz CT molecular complexity index is 1040. The topological polar surface area (TPSA) is 88.9 Å². The van der Waals surface area contributed by atoms with Crippen LogP contribution in [0.15, 0.2) is 42.6 Å². The maximum atomic E-state index is 13.1. The van der Waals surface area contributed by atoms with Gasteiger partial charge in [0.25, 0.3) is 5.91 Å². The summed E-state index contributed by atoms with van der Waals surface area (Å²) in [5.41, 5.74) is 2.70. The van der Waals surface area contributed by atoms with Gasteiger partial charge in [-0.05, 0) is 40.2 Å². The molecule has 0 aliphatic heterocycles. The summed E-state index contributed by atoms with van der Waals surface area (Å²) in [6.07, 6.45) is 2.49. The predicted octanol–water partition coefficient (Wildman–Crippen LogP) is 3.71. The number of carbonyl (C=O) groups excluding carboxylic acids is 2. The largest absolute Gasteiger partial charge is 0.352 e. The van der Waals surface area contributed by atoms with Gasteiger partial charge in [0, 0.05) is 17.6 Å². The van der Waals surface area contributed by atoms with Crippen LogP contribution in [0.25, 0.3) is 22.3 Å². The first kappa shape index (κ1) is 21.5. The van der Waals surface area contributed by atoms with Crippen LogP contribution < -0.4 is 10.6 Å². The van der Waals surface area contributed by atoms with Gasteiger partial charge in [0.2, 0.25) is 5.91 Å². The van der Waals surface area contributed by atoms with Gasteiger partial charge in [-0.25, -0.2) is 9.67 Å². The molecular weight excluding hydrogens is 378 g/mol. The van der Waals surface area contributed by atoms with Gasteiger partial charge in [0.15, 0.2) is 5.65 Å². The summed E-state index contributed by atoms with van der Waals surface area (Å²) in [6.45, 7) is 9.66. The van der Waals surface area contributed by atoms with E-state index in [9.17, 15) is 9.59 Å². The normalized spacial score (nSPS) is 13.3. The number of nitrogens with zero attached hydrogens (tertiary/aromatic N) is 3. The zero-order valence-corrected chi connectivity index (χ0v) is 18.1. The Morgan fingerprint density at radius 1 is 1.07 bits per heavy atom. The second-order valence-corrected chi connectivity index (χ2v) is 7.85. The molecule has 1 aromatic carbocycles. The van der Waals surface area contributed by atoms with Gasteiger partial charge >= 0.3 is 0 Å². The molecule has 0 fully saturated rings. The Morgan fingerprint density at radius 3 is 2.40 bits per heavy atom. The van der Waals surface area contributed by atoms with Gasteiger partial charge in [-0.2, -0.15) is 5.10 Å². The summed E-state index contributed by atoms with van der Waals surface area (Å²) < 4.78 is 1.80. The minimum atomic E-state index is -0.657. The molecule has 2 unspecified atom stereocenters. The van der Waals surface area contributed by atoms with E-state index in [1.54, 1.807) is 23.9 Å². The van der Waals surface area contributed by atoms with Crippen LogP contribution in [0.4, 0.5) is 0 Å². The molecule has 30 heavy (non-hydrogen) atoms. The van der Waals surface area contributed by atoms with E-state index in [0.717, 1.165) is 12.0 Å². The molecule has 158 valence electrons. The van der Waals surface area contributed by atoms with Crippen LogP contribution in [0.5, 0.6) is 0 Å². The van der Waals surface area contributed by atoms with Crippen LogP contribution in [0.3, 0.4) is 0 Å². The van der Waals surface area contributed by atoms with Crippen molar-refractivity contribution in [2.45, 2.75) is 59.2 Å². The number of hydrogen-bond donors (Lipinski definition) is 2. The maximum absolute atomic E-state index is 13.1. The third kappa shape index (κ3) is 4.50. The fourth-order valence-electron chi connectivity index (χ4n) is 3.15. The fourth-order valence-corrected chi connectivity index (χ4v) is 3.15. The number of hydrogen-bond acceptors (Lipinski definition) is 4. The SMILES string of the molecule is CCC(C)NC(=O)C(C)NC(=O)c1cc(-c2ccccc2)nc2c1cnn2C(C)C. The van der Waals surface area contributed by atoms with Gasteiger partial charge in [-0.3, -0.25) is 9.59 Å². The van der Waals surface area contributed by atoms with Crippen molar-refractivity contribution in [1.82, 2.24) is 25.4 Å². The van der Waals surface area contributed by atoms with E-state index in [1.807, 2.05) is 58.0 Å². The number of amides is 2. The van der Waals surface area contributed by atoms with E-state index in [1.165, 1.54) is 0 Å². The van der Waals surface area contributed by atoms with Gasteiger partial charge < -0.3 is 10.6 Å². The average molecular weight is 408 g/mol. The highest BCUT2D eigenvalue weighted by Gasteiger charge is 2.22. The van der Waals surface area contributed by atoms with Crippen molar-refractivity contribution in [2.75, 3.05) is 0 Å². The third-order valence-corrected chi connectivity index (χ3v) is 5.11. The molecule has 7 nitrogen and oxygen atoms in total. The fraction of sp³-hybridized carbons (Fsp3) is 0.391. The molecule has 7 heteroatoms. The standard InChI is InChI=1S/C23H29N5O2/c1-6-15(4)25-22(29)16(5)26-23(30)18-12-20(17-10-8-7-9-11-17)27-21-19(18)13-24-28(21)14(2)3/h7-16H,6H2,1-5H3,(H,25,29)(H,26,30). The van der Waals surface area contributed by atoms with E-state index in [4.69, 9.17) is 4.98 Å². The Balaban J connectivity index is 1.99. The molecule has 0 saturated carbocycles. The second-order valence-electron chi connectivity index (χ2n) is 7.85. The van der Waals surface area contributed by atoms with Crippen LogP contribution in [-0.4, -0.2) is 38.7 Å². The zero-order chi connectivity index (χ0) is 21.8. The van der Waals surface area contributed by atoms with E-state index in [2.05, 4.69) is 15.7 Å². The summed E-state index contributed by atoms with van der Waals surface area (Å²) >= 11 is 0. The number of fused-ring (bicyclic) bond motifs is 1. The molecule has 2 N–H and O–H groups in total. The molecule has 2 atom stereocenters. The number of nitrogens with one attached hydrogen (secondary N) is 2. The molecule has 0 aliphatic carbocycles. The highest BCUT2D eigenvalue weighted by Crippen LogP contribution is 2.26. The molecule has 2 aromatic heterocycles. The van der Waals surface area contributed by atoms with Crippen LogP contribution in [0, 0.1) is 0 Å². The molecule has 0 radical (unpaired) electrons. The summed E-state index contributed by atoms with van der Waals surface area (Å²) in [5.74, 6) is -0.529. The average Bonchev–Trinajstić information content (AvgIpc) is 3.17. The molecule has 0 bridgehead atoms.